The lowest BCUT2D eigenvalue weighted by molar-refractivity contribution is 1.07. The Labute approximate surface area is 81.6 Å². The molecular formula is C10H12BrN. The van der Waals surface area contributed by atoms with Crippen molar-refractivity contribution in [1.82, 2.24) is 0 Å². The summed E-state index contributed by atoms with van der Waals surface area (Å²) < 4.78 is 1.11. The van der Waals surface area contributed by atoms with Gasteiger partial charge >= 0.3 is 0 Å². The second-order valence-corrected chi connectivity index (χ2v) is 3.34. The van der Waals surface area contributed by atoms with Crippen molar-refractivity contribution >= 4 is 21.6 Å². The first-order valence-corrected chi connectivity index (χ1v) is 4.73. The predicted octanol–water partition coefficient (Wildman–Crippen LogP) is 3.44. The van der Waals surface area contributed by atoms with E-state index in [1.165, 1.54) is 0 Å². The van der Waals surface area contributed by atoms with Gasteiger partial charge in [-0.1, -0.05) is 18.2 Å². The van der Waals surface area contributed by atoms with Crippen molar-refractivity contribution in [2.75, 3.05) is 11.9 Å². The van der Waals surface area contributed by atoms with E-state index in [-0.39, 0.29) is 0 Å². The summed E-state index contributed by atoms with van der Waals surface area (Å²) in [7, 11) is 0. The SMILES string of the molecule is C=CCCNc1ccccc1Br. The van der Waals surface area contributed by atoms with Crippen molar-refractivity contribution in [2.45, 2.75) is 6.42 Å². The van der Waals surface area contributed by atoms with Crippen LogP contribution < -0.4 is 5.32 Å². The predicted molar refractivity (Wildman–Crippen MR) is 57.4 cm³/mol. The van der Waals surface area contributed by atoms with E-state index in [4.69, 9.17) is 0 Å². The van der Waals surface area contributed by atoms with E-state index < -0.39 is 0 Å². The van der Waals surface area contributed by atoms with Crippen LogP contribution in [0.5, 0.6) is 0 Å². The number of anilines is 1. The smallest absolute Gasteiger partial charge is 0.0484 e. The molecule has 0 aromatic heterocycles. The van der Waals surface area contributed by atoms with Crippen LogP contribution in [0.4, 0.5) is 5.69 Å². The van der Waals surface area contributed by atoms with Crippen molar-refractivity contribution in [3.8, 4) is 0 Å². The minimum atomic E-state index is 0.937. The zero-order chi connectivity index (χ0) is 8.81. The van der Waals surface area contributed by atoms with Crippen LogP contribution in [0.15, 0.2) is 41.4 Å². The summed E-state index contributed by atoms with van der Waals surface area (Å²) in [6.45, 7) is 4.60. The van der Waals surface area contributed by atoms with Crippen LogP contribution in [0.25, 0.3) is 0 Å². The number of benzene rings is 1. The Hall–Kier alpha value is -0.760. The van der Waals surface area contributed by atoms with Crippen LogP contribution in [0.1, 0.15) is 6.42 Å². The maximum Gasteiger partial charge on any atom is 0.0484 e. The van der Waals surface area contributed by atoms with Gasteiger partial charge in [-0.3, -0.25) is 0 Å². The van der Waals surface area contributed by atoms with Crippen molar-refractivity contribution in [2.24, 2.45) is 0 Å². The molecule has 12 heavy (non-hydrogen) atoms. The van der Waals surface area contributed by atoms with Gasteiger partial charge in [0.2, 0.25) is 0 Å². The van der Waals surface area contributed by atoms with Gasteiger partial charge in [-0.2, -0.15) is 0 Å². The topological polar surface area (TPSA) is 12.0 Å². The summed E-state index contributed by atoms with van der Waals surface area (Å²) in [5.41, 5.74) is 1.14. The second-order valence-electron chi connectivity index (χ2n) is 2.48. The van der Waals surface area contributed by atoms with Gasteiger partial charge in [0.1, 0.15) is 0 Å². The highest BCUT2D eigenvalue weighted by molar-refractivity contribution is 9.10. The summed E-state index contributed by atoms with van der Waals surface area (Å²) in [6, 6.07) is 8.09. The van der Waals surface area contributed by atoms with Crippen LogP contribution >= 0.6 is 15.9 Å². The summed E-state index contributed by atoms with van der Waals surface area (Å²) in [4.78, 5) is 0. The zero-order valence-corrected chi connectivity index (χ0v) is 8.47. The molecule has 0 atom stereocenters. The Morgan fingerprint density at radius 1 is 1.42 bits per heavy atom. The zero-order valence-electron chi connectivity index (χ0n) is 6.89. The number of halogens is 1. The third-order valence-electron chi connectivity index (χ3n) is 1.54. The molecular weight excluding hydrogens is 214 g/mol. The fourth-order valence-electron chi connectivity index (χ4n) is 0.913. The van der Waals surface area contributed by atoms with Crippen LogP contribution in [0, 0.1) is 0 Å². The molecule has 0 bridgehead atoms. The molecule has 0 radical (unpaired) electrons. The second kappa shape index (κ2) is 4.99. The van der Waals surface area contributed by atoms with Gasteiger partial charge in [0, 0.05) is 16.7 Å². The van der Waals surface area contributed by atoms with Gasteiger partial charge in [0.25, 0.3) is 0 Å². The minimum Gasteiger partial charge on any atom is -0.384 e. The highest BCUT2D eigenvalue weighted by Gasteiger charge is 1.94. The third kappa shape index (κ3) is 2.70. The fraction of sp³-hybridized carbons (Fsp3) is 0.200. The maximum atomic E-state index is 3.66. The van der Waals surface area contributed by atoms with E-state index >= 15 is 0 Å². The van der Waals surface area contributed by atoms with Crippen molar-refractivity contribution in [3.05, 3.63) is 41.4 Å². The molecule has 1 nitrogen and oxygen atoms in total. The number of rotatable bonds is 4. The first-order valence-electron chi connectivity index (χ1n) is 3.94. The molecule has 0 saturated heterocycles. The van der Waals surface area contributed by atoms with Crippen LogP contribution in [0.2, 0.25) is 0 Å². The molecule has 0 aliphatic rings. The lowest BCUT2D eigenvalue weighted by Gasteiger charge is -2.05. The normalized spacial score (nSPS) is 9.42. The third-order valence-corrected chi connectivity index (χ3v) is 2.23. The molecule has 1 rings (SSSR count). The molecule has 0 heterocycles. The van der Waals surface area contributed by atoms with Crippen LogP contribution in [-0.2, 0) is 0 Å². The fourth-order valence-corrected chi connectivity index (χ4v) is 1.34. The lowest BCUT2D eigenvalue weighted by atomic mass is 10.3. The first-order chi connectivity index (χ1) is 5.84. The summed E-state index contributed by atoms with van der Waals surface area (Å²) in [5, 5.41) is 3.30. The van der Waals surface area contributed by atoms with Crippen LogP contribution in [-0.4, -0.2) is 6.54 Å². The minimum absolute atomic E-state index is 0.937. The highest BCUT2D eigenvalue weighted by atomic mass is 79.9. The Kier molecular flexibility index (Phi) is 3.88. The monoisotopic (exact) mass is 225 g/mol. The standard InChI is InChI=1S/C10H12BrN/c1-2-3-8-12-10-7-5-4-6-9(10)11/h2,4-7,12H,1,3,8H2. The van der Waals surface area contributed by atoms with Gasteiger partial charge in [-0.05, 0) is 34.5 Å². The van der Waals surface area contributed by atoms with E-state index in [0.29, 0.717) is 0 Å². The average Bonchev–Trinajstić information content (AvgIpc) is 2.09. The molecule has 0 spiro atoms. The van der Waals surface area contributed by atoms with E-state index in [2.05, 4.69) is 27.8 Å². The molecule has 0 aliphatic carbocycles. The highest BCUT2D eigenvalue weighted by Crippen LogP contribution is 2.20. The molecule has 0 unspecified atom stereocenters. The molecule has 0 fully saturated rings. The van der Waals surface area contributed by atoms with Crippen molar-refractivity contribution < 1.29 is 0 Å². The van der Waals surface area contributed by atoms with E-state index in [0.717, 1.165) is 23.1 Å². The summed E-state index contributed by atoms with van der Waals surface area (Å²) in [5.74, 6) is 0. The molecule has 1 aromatic rings. The number of nitrogens with one attached hydrogen (secondary N) is 1. The van der Waals surface area contributed by atoms with Gasteiger partial charge in [0.05, 0.1) is 0 Å². The molecule has 1 N–H and O–H groups in total. The van der Waals surface area contributed by atoms with Gasteiger partial charge in [0.15, 0.2) is 0 Å². The first kappa shape index (κ1) is 9.33. The number of para-hydroxylation sites is 1. The molecule has 0 aliphatic heterocycles. The Bertz CT molecular complexity index is 258. The molecule has 64 valence electrons. The lowest BCUT2D eigenvalue weighted by Crippen LogP contribution is -2.00. The Balaban J connectivity index is 2.51. The van der Waals surface area contributed by atoms with Crippen LogP contribution in [0.3, 0.4) is 0 Å². The summed E-state index contributed by atoms with van der Waals surface area (Å²) >= 11 is 3.46. The average molecular weight is 226 g/mol. The van der Waals surface area contributed by atoms with Gasteiger partial charge in [-0.15, -0.1) is 6.58 Å². The molecule has 2 heteroatoms. The molecule has 0 amide bonds. The number of hydrogen-bond acceptors (Lipinski definition) is 1. The number of hydrogen-bond donors (Lipinski definition) is 1. The van der Waals surface area contributed by atoms with Gasteiger partial charge in [-0.25, -0.2) is 0 Å². The largest absolute Gasteiger partial charge is 0.384 e. The molecule has 0 saturated carbocycles. The van der Waals surface area contributed by atoms with Crippen molar-refractivity contribution in [1.29, 1.82) is 0 Å². The Morgan fingerprint density at radius 3 is 2.83 bits per heavy atom. The van der Waals surface area contributed by atoms with E-state index in [1.54, 1.807) is 0 Å². The van der Waals surface area contributed by atoms with E-state index in [1.807, 2.05) is 30.3 Å². The summed E-state index contributed by atoms with van der Waals surface area (Å²) in [6.07, 6.45) is 2.89. The van der Waals surface area contributed by atoms with Crippen molar-refractivity contribution in [3.63, 3.8) is 0 Å². The Morgan fingerprint density at radius 2 is 2.17 bits per heavy atom. The van der Waals surface area contributed by atoms with E-state index in [9.17, 15) is 0 Å². The van der Waals surface area contributed by atoms with Gasteiger partial charge < -0.3 is 5.32 Å². The quantitative estimate of drug-likeness (QED) is 0.612. The maximum absolute atomic E-state index is 3.66. The molecule has 1 aromatic carbocycles.